The predicted octanol–water partition coefficient (Wildman–Crippen LogP) is 7.74. The van der Waals surface area contributed by atoms with Crippen molar-refractivity contribution in [3.8, 4) is 0 Å². The molecule has 30 heavy (non-hydrogen) atoms. The Labute approximate surface area is 187 Å². The number of benzene rings is 2. The van der Waals surface area contributed by atoms with Crippen LogP contribution in [-0.2, 0) is 9.22 Å². The average molecular weight is 439 g/mol. The van der Waals surface area contributed by atoms with Gasteiger partial charge in [-0.2, -0.15) is 0 Å². The van der Waals surface area contributed by atoms with Crippen molar-refractivity contribution >= 4 is 25.2 Å². The van der Waals surface area contributed by atoms with Crippen molar-refractivity contribution in [2.24, 2.45) is 5.92 Å². The second-order valence-electron chi connectivity index (χ2n) is 9.69. The van der Waals surface area contributed by atoms with Gasteiger partial charge in [0.05, 0.1) is 11.0 Å². The fourth-order valence-corrected chi connectivity index (χ4v) is 5.75. The van der Waals surface area contributed by atoms with Crippen molar-refractivity contribution in [1.29, 1.82) is 0 Å². The van der Waals surface area contributed by atoms with Crippen LogP contribution in [-0.4, -0.2) is 13.4 Å². The second kappa shape index (κ2) is 9.57. The van der Waals surface area contributed by atoms with Crippen molar-refractivity contribution in [2.45, 2.75) is 63.4 Å². The van der Waals surface area contributed by atoms with Gasteiger partial charge in [0, 0.05) is 12.8 Å². The molecule has 1 unspecified atom stereocenters. The molecule has 0 aliphatic heterocycles. The van der Waals surface area contributed by atoms with Crippen LogP contribution in [0.2, 0.25) is 18.1 Å². The van der Waals surface area contributed by atoms with Crippen LogP contribution in [0.5, 0.6) is 0 Å². The highest BCUT2D eigenvalue weighted by molar-refractivity contribution is 8.14. The van der Waals surface area contributed by atoms with Crippen LogP contribution < -0.4 is 0 Å². The van der Waals surface area contributed by atoms with E-state index in [1.807, 2.05) is 36.4 Å². The summed E-state index contributed by atoms with van der Waals surface area (Å²) in [7, 11) is -1.81. The molecule has 2 nitrogen and oxygen atoms in total. The molecule has 0 radical (unpaired) electrons. The highest BCUT2D eigenvalue weighted by Crippen LogP contribution is 2.42. The van der Waals surface area contributed by atoms with Crippen LogP contribution in [0.15, 0.2) is 72.5 Å². The van der Waals surface area contributed by atoms with Gasteiger partial charge in [-0.05, 0) is 47.7 Å². The van der Waals surface area contributed by atoms with E-state index in [1.54, 1.807) is 0 Å². The van der Waals surface area contributed by atoms with Gasteiger partial charge in [-0.25, -0.2) is 0 Å². The van der Waals surface area contributed by atoms with E-state index in [0.29, 0.717) is 6.42 Å². The predicted molar refractivity (Wildman–Crippen MR) is 131 cm³/mol. The van der Waals surface area contributed by atoms with Crippen molar-refractivity contribution in [3.63, 3.8) is 0 Å². The number of allylic oxidation sites excluding steroid dienone is 2. The van der Waals surface area contributed by atoms with Gasteiger partial charge in [-0.3, -0.25) is 4.79 Å². The number of rotatable bonds is 7. The fraction of sp³-hybridized carbons (Fsp3) is 0.423. The molecule has 2 aromatic carbocycles. The van der Waals surface area contributed by atoms with Crippen LogP contribution >= 0.6 is 11.8 Å². The van der Waals surface area contributed by atoms with Gasteiger partial charge in [0.1, 0.15) is 0 Å². The van der Waals surface area contributed by atoms with Crippen LogP contribution in [0.1, 0.15) is 56.4 Å². The SMILES string of the molecule is CC(C)(C)[Si](C)(C)OC1=CC(CC(=O)SC(c2ccccc2)c2ccccc2)CC1. The van der Waals surface area contributed by atoms with E-state index in [0.717, 1.165) is 18.6 Å². The van der Waals surface area contributed by atoms with Gasteiger partial charge in [0.2, 0.25) is 8.32 Å². The molecule has 0 saturated heterocycles. The zero-order chi connectivity index (χ0) is 21.8. The van der Waals surface area contributed by atoms with E-state index in [4.69, 9.17) is 4.43 Å². The highest BCUT2D eigenvalue weighted by Gasteiger charge is 2.40. The highest BCUT2D eigenvalue weighted by atomic mass is 32.2. The van der Waals surface area contributed by atoms with E-state index in [9.17, 15) is 4.79 Å². The van der Waals surface area contributed by atoms with Crippen molar-refractivity contribution in [2.75, 3.05) is 0 Å². The Hall–Kier alpha value is -1.78. The number of thioether (sulfide) groups is 1. The molecule has 0 aromatic heterocycles. The zero-order valence-electron chi connectivity index (χ0n) is 18.9. The summed E-state index contributed by atoms with van der Waals surface area (Å²) in [6, 6.07) is 20.6. The molecule has 160 valence electrons. The third kappa shape index (κ3) is 5.89. The molecule has 0 amide bonds. The van der Waals surface area contributed by atoms with Crippen LogP contribution in [0.25, 0.3) is 0 Å². The molecule has 0 heterocycles. The van der Waals surface area contributed by atoms with Crippen molar-refractivity contribution in [1.82, 2.24) is 0 Å². The Morgan fingerprint density at radius 2 is 1.57 bits per heavy atom. The summed E-state index contributed by atoms with van der Waals surface area (Å²) in [5.41, 5.74) is 2.34. The molecule has 4 heteroatoms. The minimum absolute atomic E-state index is 0.0354. The lowest BCUT2D eigenvalue weighted by molar-refractivity contribution is -0.111. The first kappa shape index (κ1) is 22.9. The van der Waals surface area contributed by atoms with Gasteiger partial charge in [0.25, 0.3) is 0 Å². The number of carbonyl (C=O) groups is 1. The van der Waals surface area contributed by atoms with Gasteiger partial charge < -0.3 is 4.43 Å². The minimum atomic E-state index is -1.81. The third-order valence-electron chi connectivity index (χ3n) is 6.26. The molecule has 0 fully saturated rings. The molecule has 2 aromatic rings. The van der Waals surface area contributed by atoms with Gasteiger partial charge in [0.15, 0.2) is 5.12 Å². The van der Waals surface area contributed by atoms with E-state index < -0.39 is 8.32 Å². The molecule has 1 aliphatic rings. The summed E-state index contributed by atoms with van der Waals surface area (Å²) < 4.78 is 6.48. The first-order valence-electron chi connectivity index (χ1n) is 10.8. The normalized spacial score (nSPS) is 17.1. The van der Waals surface area contributed by atoms with Crippen molar-refractivity contribution < 1.29 is 9.22 Å². The molecule has 0 spiro atoms. The van der Waals surface area contributed by atoms with Crippen LogP contribution in [0.3, 0.4) is 0 Å². The largest absolute Gasteiger partial charge is 0.547 e. The summed E-state index contributed by atoms with van der Waals surface area (Å²) in [6.07, 6.45) is 4.76. The molecule has 0 saturated carbocycles. The molecular formula is C26H34O2SSi. The number of hydrogen-bond donors (Lipinski definition) is 0. The zero-order valence-corrected chi connectivity index (χ0v) is 20.7. The van der Waals surface area contributed by atoms with Crippen LogP contribution in [0, 0.1) is 5.92 Å². The fourth-order valence-electron chi connectivity index (χ4n) is 3.46. The van der Waals surface area contributed by atoms with E-state index in [2.05, 4.69) is 64.2 Å². The Bertz CT molecular complexity index is 829. The van der Waals surface area contributed by atoms with E-state index in [-0.39, 0.29) is 21.3 Å². The van der Waals surface area contributed by atoms with Gasteiger partial charge in [-0.15, -0.1) is 0 Å². The summed E-state index contributed by atoms with van der Waals surface area (Å²) >= 11 is 1.46. The summed E-state index contributed by atoms with van der Waals surface area (Å²) in [6.45, 7) is 11.4. The Morgan fingerprint density at radius 1 is 1.03 bits per heavy atom. The molecule has 0 bridgehead atoms. The smallest absolute Gasteiger partial charge is 0.250 e. The monoisotopic (exact) mass is 438 g/mol. The molecule has 1 aliphatic carbocycles. The quantitative estimate of drug-likeness (QED) is 0.413. The summed E-state index contributed by atoms with van der Waals surface area (Å²) in [5.74, 6) is 1.39. The first-order chi connectivity index (χ1) is 14.2. The van der Waals surface area contributed by atoms with Crippen LogP contribution in [0.4, 0.5) is 0 Å². The first-order valence-corrected chi connectivity index (χ1v) is 14.6. The van der Waals surface area contributed by atoms with Gasteiger partial charge in [-0.1, -0.05) is 93.2 Å². The van der Waals surface area contributed by atoms with Gasteiger partial charge >= 0.3 is 0 Å². The lowest BCUT2D eigenvalue weighted by atomic mass is 10.0. The number of carbonyl (C=O) groups excluding carboxylic acids is 1. The van der Waals surface area contributed by atoms with E-state index in [1.165, 1.54) is 22.9 Å². The second-order valence-corrected chi connectivity index (χ2v) is 15.6. The minimum Gasteiger partial charge on any atom is -0.547 e. The summed E-state index contributed by atoms with van der Waals surface area (Å²) in [5, 5.41) is 0.478. The van der Waals surface area contributed by atoms with E-state index >= 15 is 0 Å². The number of hydrogen-bond acceptors (Lipinski definition) is 3. The summed E-state index contributed by atoms with van der Waals surface area (Å²) in [4.78, 5) is 13.0. The maximum Gasteiger partial charge on any atom is 0.250 e. The maximum atomic E-state index is 13.0. The lowest BCUT2D eigenvalue weighted by Gasteiger charge is -2.36. The third-order valence-corrected chi connectivity index (χ3v) is 11.9. The molecular weight excluding hydrogens is 404 g/mol. The molecule has 1 atom stereocenters. The maximum absolute atomic E-state index is 13.0. The Morgan fingerprint density at radius 3 is 2.07 bits per heavy atom. The average Bonchev–Trinajstić information content (AvgIpc) is 3.12. The molecule has 3 rings (SSSR count). The Kier molecular flexibility index (Phi) is 7.30. The Balaban J connectivity index is 1.66. The topological polar surface area (TPSA) is 26.3 Å². The van der Waals surface area contributed by atoms with Crippen molar-refractivity contribution in [3.05, 3.63) is 83.6 Å². The molecule has 0 N–H and O–H groups in total. The lowest BCUT2D eigenvalue weighted by Crippen LogP contribution is -2.40. The standard InChI is InChI=1S/C26H34O2SSi/c1-26(2,3)30(4,5)28-23-17-16-20(18-23)19-24(27)29-25(21-12-8-6-9-13-21)22-14-10-7-11-15-22/h6-15,18,20,25H,16-17,19H2,1-5H3.